The zero-order chi connectivity index (χ0) is 13.7. The van der Waals surface area contributed by atoms with Crippen LogP contribution in [0.25, 0.3) is 0 Å². The molecule has 1 amide bonds. The van der Waals surface area contributed by atoms with Crippen molar-refractivity contribution in [3.63, 3.8) is 0 Å². The highest BCUT2D eigenvalue weighted by Gasteiger charge is 2.18. The Balaban J connectivity index is 2.97. The number of nitrogens with zero attached hydrogens (tertiary/aromatic N) is 1. The normalized spacial score (nSPS) is 9.89. The second-order valence-electron chi connectivity index (χ2n) is 3.50. The summed E-state index contributed by atoms with van der Waals surface area (Å²) in [5.41, 5.74) is 0.214. The molecule has 0 saturated heterocycles. The summed E-state index contributed by atoms with van der Waals surface area (Å²) in [5, 5.41) is 8.71. The SMILES string of the molecule is C=CCN(CC(=O)O)C(=O)c1ccc(F)c(Br)c1. The zero-order valence-electron chi connectivity index (χ0n) is 9.40. The highest BCUT2D eigenvalue weighted by atomic mass is 79.9. The van der Waals surface area contributed by atoms with Crippen molar-refractivity contribution >= 4 is 27.8 Å². The molecular weight excluding hydrogens is 305 g/mol. The Labute approximate surface area is 112 Å². The van der Waals surface area contributed by atoms with E-state index in [0.717, 1.165) is 11.0 Å². The van der Waals surface area contributed by atoms with Gasteiger partial charge in [0.15, 0.2) is 0 Å². The van der Waals surface area contributed by atoms with Crippen LogP contribution in [0.15, 0.2) is 35.3 Å². The molecule has 0 atom stereocenters. The summed E-state index contributed by atoms with van der Waals surface area (Å²) in [5.74, 6) is -2.09. The summed E-state index contributed by atoms with van der Waals surface area (Å²) in [7, 11) is 0. The van der Waals surface area contributed by atoms with Gasteiger partial charge >= 0.3 is 5.97 Å². The van der Waals surface area contributed by atoms with Gasteiger partial charge in [0.25, 0.3) is 5.91 Å². The Hall–Kier alpha value is -1.69. The molecular formula is C12H11BrFNO3. The van der Waals surface area contributed by atoms with Gasteiger partial charge in [0, 0.05) is 12.1 Å². The highest BCUT2D eigenvalue weighted by Crippen LogP contribution is 2.18. The number of hydrogen-bond donors (Lipinski definition) is 1. The molecule has 0 saturated carbocycles. The molecule has 0 unspecified atom stereocenters. The van der Waals surface area contributed by atoms with Crippen molar-refractivity contribution in [2.45, 2.75) is 0 Å². The molecule has 0 aliphatic rings. The van der Waals surface area contributed by atoms with E-state index in [4.69, 9.17) is 5.11 Å². The zero-order valence-corrected chi connectivity index (χ0v) is 11.0. The number of carboxylic acid groups (broad SMARTS) is 1. The number of carbonyl (C=O) groups is 2. The van der Waals surface area contributed by atoms with E-state index in [9.17, 15) is 14.0 Å². The molecule has 0 aliphatic heterocycles. The molecule has 0 aliphatic carbocycles. The van der Waals surface area contributed by atoms with Gasteiger partial charge in [0.2, 0.25) is 0 Å². The van der Waals surface area contributed by atoms with Crippen molar-refractivity contribution in [2.24, 2.45) is 0 Å². The third-order valence-electron chi connectivity index (χ3n) is 2.13. The molecule has 1 aromatic carbocycles. The van der Waals surface area contributed by atoms with Gasteiger partial charge in [0.1, 0.15) is 12.4 Å². The molecule has 0 heterocycles. The Morgan fingerprint density at radius 1 is 1.50 bits per heavy atom. The van der Waals surface area contributed by atoms with E-state index in [-0.39, 0.29) is 16.6 Å². The van der Waals surface area contributed by atoms with Crippen molar-refractivity contribution in [1.29, 1.82) is 0 Å². The van der Waals surface area contributed by atoms with Crippen LogP contribution >= 0.6 is 15.9 Å². The summed E-state index contributed by atoms with van der Waals surface area (Å²) in [4.78, 5) is 23.8. The lowest BCUT2D eigenvalue weighted by Gasteiger charge is -2.18. The fourth-order valence-electron chi connectivity index (χ4n) is 1.35. The summed E-state index contributed by atoms with van der Waals surface area (Å²) in [6.07, 6.45) is 1.43. The van der Waals surface area contributed by atoms with Crippen LogP contribution in [0.2, 0.25) is 0 Å². The van der Waals surface area contributed by atoms with Crippen LogP contribution in [-0.4, -0.2) is 35.0 Å². The molecule has 6 heteroatoms. The minimum absolute atomic E-state index is 0.111. The first kappa shape index (κ1) is 14.4. The maximum Gasteiger partial charge on any atom is 0.323 e. The fourth-order valence-corrected chi connectivity index (χ4v) is 1.73. The Bertz CT molecular complexity index is 490. The van der Waals surface area contributed by atoms with Gasteiger partial charge in [-0.05, 0) is 34.1 Å². The number of rotatable bonds is 5. The van der Waals surface area contributed by atoms with E-state index in [1.165, 1.54) is 18.2 Å². The second-order valence-corrected chi connectivity index (χ2v) is 4.35. The average Bonchev–Trinajstić information content (AvgIpc) is 2.31. The van der Waals surface area contributed by atoms with E-state index in [0.29, 0.717) is 0 Å². The lowest BCUT2D eigenvalue weighted by Crippen LogP contribution is -2.35. The molecule has 4 nitrogen and oxygen atoms in total. The van der Waals surface area contributed by atoms with E-state index in [2.05, 4.69) is 22.5 Å². The topological polar surface area (TPSA) is 57.6 Å². The maximum atomic E-state index is 13.0. The molecule has 0 spiro atoms. The molecule has 18 heavy (non-hydrogen) atoms. The molecule has 96 valence electrons. The molecule has 0 fully saturated rings. The number of carbonyl (C=O) groups excluding carboxylic acids is 1. The average molecular weight is 316 g/mol. The predicted molar refractivity (Wildman–Crippen MR) is 67.8 cm³/mol. The van der Waals surface area contributed by atoms with Crippen molar-refractivity contribution in [3.8, 4) is 0 Å². The van der Waals surface area contributed by atoms with E-state index >= 15 is 0 Å². The molecule has 1 aromatic rings. The Morgan fingerprint density at radius 2 is 2.17 bits per heavy atom. The number of halogens is 2. The summed E-state index contributed by atoms with van der Waals surface area (Å²) in [6.45, 7) is 3.14. The lowest BCUT2D eigenvalue weighted by molar-refractivity contribution is -0.137. The van der Waals surface area contributed by atoms with Crippen LogP contribution in [0.5, 0.6) is 0 Å². The lowest BCUT2D eigenvalue weighted by atomic mass is 10.2. The molecule has 0 radical (unpaired) electrons. The summed E-state index contributed by atoms with van der Waals surface area (Å²) >= 11 is 2.97. The largest absolute Gasteiger partial charge is 0.480 e. The van der Waals surface area contributed by atoms with Crippen LogP contribution in [0, 0.1) is 5.82 Å². The van der Waals surface area contributed by atoms with Gasteiger partial charge < -0.3 is 10.0 Å². The predicted octanol–water partition coefficient (Wildman–Crippen LogP) is 2.30. The first-order chi connectivity index (χ1) is 8.45. The van der Waals surface area contributed by atoms with Crippen LogP contribution in [0.3, 0.4) is 0 Å². The van der Waals surface area contributed by atoms with Crippen molar-refractivity contribution < 1.29 is 19.1 Å². The molecule has 0 bridgehead atoms. The van der Waals surface area contributed by atoms with Gasteiger partial charge in [-0.15, -0.1) is 6.58 Å². The third kappa shape index (κ3) is 3.66. The van der Waals surface area contributed by atoms with Crippen molar-refractivity contribution in [1.82, 2.24) is 4.90 Å². The summed E-state index contributed by atoms with van der Waals surface area (Å²) in [6, 6.07) is 3.76. The smallest absolute Gasteiger partial charge is 0.323 e. The van der Waals surface area contributed by atoms with Crippen LogP contribution < -0.4 is 0 Å². The van der Waals surface area contributed by atoms with Crippen LogP contribution in [0.4, 0.5) is 4.39 Å². The molecule has 1 rings (SSSR count). The number of aliphatic carboxylic acids is 1. The van der Waals surface area contributed by atoms with Gasteiger partial charge in [-0.2, -0.15) is 0 Å². The quantitative estimate of drug-likeness (QED) is 0.848. The Kier molecular flexibility index (Phi) is 5.03. The summed E-state index contributed by atoms with van der Waals surface area (Å²) < 4.78 is 13.2. The van der Waals surface area contributed by atoms with Gasteiger partial charge in [-0.3, -0.25) is 9.59 Å². The van der Waals surface area contributed by atoms with Gasteiger partial charge in [-0.1, -0.05) is 6.08 Å². The number of carboxylic acids is 1. The van der Waals surface area contributed by atoms with Crippen LogP contribution in [0.1, 0.15) is 10.4 Å². The number of hydrogen-bond acceptors (Lipinski definition) is 2. The minimum atomic E-state index is -1.12. The van der Waals surface area contributed by atoms with Gasteiger partial charge in [-0.25, -0.2) is 4.39 Å². The molecule has 0 aromatic heterocycles. The van der Waals surface area contributed by atoms with Crippen molar-refractivity contribution in [2.75, 3.05) is 13.1 Å². The second kappa shape index (κ2) is 6.30. The highest BCUT2D eigenvalue weighted by molar-refractivity contribution is 9.10. The monoisotopic (exact) mass is 315 g/mol. The van der Waals surface area contributed by atoms with Crippen molar-refractivity contribution in [3.05, 3.63) is 46.7 Å². The molecule has 1 N–H and O–H groups in total. The minimum Gasteiger partial charge on any atom is -0.480 e. The van der Waals surface area contributed by atoms with E-state index in [1.807, 2.05) is 0 Å². The standard InChI is InChI=1S/C12H11BrFNO3/c1-2-5-15(7-11(16)17)12(18)8-3-4-10(14)9(13)6-8/h2-4,6H,1,5,7H2,(H,16,17). The maximum absolute atomic E-state index is 13.0. The fraction of sp³-hybridized carbons (Fsp3) is 0.167. The number of benzene rings is 1. The van der Waals surface area contributed by atoms with E-state index < -0.39 is 24.2 Å². The Morgan fingerprint density at radius 3 is 2.67 bits per heavy atom. The first-order valence-corrected chi connectivity index (χ1v) is 5.82. The number of amides is 1. The van der Waals surface area contributed by atoms with E-state index in [1.54, 1.807) is 0 Å². The first-order valence-electron chi connectivity index (χ1n) is 5.02. The van der Waals surface area contributed by atoms with Gasteiger partial charge in [0.05, 0.1) is 4.47 Å². The van der Waals surface area contributed by atoms with Crippen LogP contribution in [-0.2, 0) is 4.79 Å². The third-order valence-corrected chi connectivity index (χ3v) is 2.74.